The molecule has 2 heterocycles. The fourth-order valence-corrected chi connectivity index (χ4v) is 2.62. The zero-order valence-electron chi connectivity index (χ0n) is 13.3. The summed E-state index contributed by atoms with van der Waals surface area (Å²) in [6.45, 7) is 5.68. The van der Waals surface area contributed by atoms with E-state index in [-0.39, 0.29) is 18.0 Å². The van der Waals surface area contributed by atoms with Gasteiger partial charge in [-0.25, -0.2) is 0 Å². The maximum Gasteiger partial charge on any atom is 0.255 e. The highest BCUT2D eigenvalue weighted by Crippen LogP contribution is 2.15. The summed E-state index contributed by atoms with van der Waals surface area (Å²) in [6, 6.07) is 9.37. The van der Waals surface area contributed by atoms with Gasteiger partial charge in [0.25, 0.3) is 11.5 Å². The lowest BCUT2D eigenvalue weighted by molar-refractivity contribution is 0.0949. The first kappa shape index (κ1) is 15.1. The lowest BCUT2D eigenvalue weighted by Gasteiger charge is -2.06. The highest BCUT2D eigenvalue weighted by atomic mass is 16.3. The number of carbonyl (C=O) groups excluding carboxylic acids is 1. The quantitative estimate of drug-likeness (QED) is 0.781. The Morgan fingerprint density at radius 2 is 1.96 bits per heavy atom. The van der Waals surface area contributed by atoms with Crippen LogP contribution in [-0.4, -0.2) is 10.9 Å². The second-order valence-corrected chi connectivity index (χ2v) is 5.72. The fourth-order valence-electron chi connectivity index (χ4n) is 2.62. The second-order valence-electron chi connectivity index (χ2n) is 5.72. The second kappa shape index (κ2) is 5.76. The van der Waals surface area contributed by atoms with Gasteiger partial charge in [0.05, 0.1) is 5.56 Å². The van der Waals surface area contributed by atoms with Crippen molar-refractivity contribution in [3.8, 4) is 0 Å². The van der Waals surface area contributed by atoms with E-state index in [4.69, 9.17) is 4.42 Å². The van der Waals surface area contributed by atoms with Crippen LogP contribution in [0.15, 0.2) is 39.5 Å². The van der Waals surface area contributed by atoms with Crippen LogP contribution in [0.5, 0.6) is 0 Å². The zero-order chi connectivity index (χ0) is 16.6. The van der Waals surface area contributed by atoms with Gasteiger partial charge in [0.1, 0.15) is 11.5 Å². The Hall–Kier alpha value is -2.82. The van der Waals surface area contributed by atoms with E-state index in [1.807, 2.05) is 25.1 Å². The van der Waals surface area contributed by atoms with Crippen LogP contribution in [-0.2, 0) is 6.54 Å². The van der Waals surface area contributed by atoms with E-state index in [1.54, 1.807) is 26.0 Å². The van der Waals surface area contributed by atoms with Gasteiger partial charge in [0.15, 0.2) is 0 Å². The minimum Gasteiger partial charge on any atom is -0.466 e. The number of aromatic amines is 1. The summed E-state index contributed by atoms with van der Waals surface area (Å²) in [5, 5.41) is 3.71. The molecule has 0 bridgehead atoms. The number of aryl methyl sites for hydroxylation is 3. The van der Waals surface area contributed by atoms with Gasteiger partial charge < -0.3 is 14.7 Å². The molecular formula is C18H18N2O3. The SMILES string of the molecule is Cc1ccc2cc(CNC(=O)c3cc(C)oc3C)c(=O)[nH]c2c1. The normalized spacial score (nSPS) is 10.9. The van der Waals surface area contributed by atoms with Crippen LogP contribution in [0.4, 0.5) is 0 Å². The molecule has 23 heavy (non-hydrogen) atoms. The molecule has 0 atom stereocenters. The van der Waals surface area contributed by atoms with Crippen molar-refractivity contribution in [2.75, 3.05) is 0 Å². The summed E-state index contributed by atoms with van der Waals surface area (Å²) in [5.74, 6) is 1.01. The highest BCUT2D eigenvalue weighted by molar-refractivity contribution is 5.95. The molecule has 3 rings (SSSR count). The van der Waals surface area contributed by atoms with Crippen LogP contribution in [0.25, 0.3) is 10.9 Å². The summed E-state index contributed by atoms with van der Waals surface area (Å²) in [7, 11) is 0. The molecule has 5 nitrogen and oxygen atoms in total. The van der Waals surface area contributed by atoms with E-state index >= 15 is 0 Å². The summed E-state index contributed by atoms with van der Waals surface area (Å²) >= 11 is 0. The number of hydrogen-bond donors (Lipinski definition) is 2. The smallest absolute Gasteiger partial charge is 0.255 e. The Morgan fingerprint density at radius 3 is 2.65 bits per heavy atom. The summed E-state index contributed by atoms with van der Waals surface area (Å²) in [5.41, 5.74) is 2.71. The number of pyridine rings is 1. The van der Waals surface area contributed by atoms with E-state index in [1.165, 1.54) is 0 Å². The van der Waals surface area contributed by atoms with Crippen LogP contribution in [0.2, 0.25) is 0 Å². The van der Waals surface area contributed by atoms with Crippen molar-refractivity contribution in [3.63, 3.8) is 0 Å². The topological polar surface area (TPSA) is 75.1 Å². The molecule has 0 radical (unpaired) electrons. The van der Waals surface area contributed by atoms with Crippen LogP contribution >= 0.6 is 0 Å². The average Bonchev–Trinajstić information content (AvgIpc) is 2.83. The van der Waals surface area contributed by atoms with E-state index in [0.717, 1.165) is 16.5 Å². The third-order valence-electron chi connectivity index (χ3n) is 3.80. The summed E-state index contributed by atoms with van der Waals surface area (Å²) < 4.78 is 5.35. The lowest BCUT2D eigenvalue weighted by Crippen LogP contribution is -2.26. The Balaban J connectivity index is 1.83. The van der Waals surface area contributed by atoms with Crippen molar-refractivity contribution in [2.45, 2.75) is 27.3 Å². The van der Waals surface area contributed by atoms with E-state index < -0.39 is 0 Å². The van der Waals surface area contributed by atoms with Gasteiger partial charge in [0, 0.05) is 17.6 Å². The third-order valence-corrected chi connectivity index (χ3v) is 3.80. The number of fused-ring (bicyclic) bond motifs is 1. The molecule has 0 saturated carbocycles. The monoisotopic (exact) mass is 310 g/mol. The number of H-pyrrole nitrogens is 1. The average molecular weight is 310 g/mol. The largest absolute Gasteiger partial charge is 0.466 e. The number of hydrogen-bond acceptors (Lipinski definition) is 3. The maximum atomic E-state index is 12.2. The van der Waals surface area contributed by atoms with Gasteiger partial charge in [-0.3, -0.25) is 9.59 Å². The first-order chi connectivity index (χ1) is 10.9. The molecule has 0 aliphatic rings. The minimum atomic E-state index is -0.247. The van der Waals surface area contributed by atoms with Gasteiger partial charge in [-0.05, 0) is 49.9 Å². The molecule has 2 N–H and O–H groups in total. The number of benzene rings is 1. The van der Waals surface area contributed by atoms with Crippen molar-refractivity contribution >= 4 is 16.8 Å². The Bertz CT molecular complexity index is 951. The number of carbonyl (C=O) groups is 1. The molecule has 0 saturated heterocycles. The van der Waals surface area contributed by atoms with Crippen molar-refractivity contribution in [3.05, 3.63) is 68.9 Å². The number of aromatic nitrogens is 1. The predicted molar refractivity (Wildman–Crippen MR) is 88.7 cm³/mol. The highest BCUT2D eigenvalue weighted by Gasteiger charge is 2.13. The van der Waals surface area contributed by atoms with Gasteiger partial charge in [-0.15, -0.1) is 0 Å². The van der Waals surface area contributed by atoms with Crippen molar-refractivity contribution in [2.24, 2.45) is 0 Å². The van der Waals surface area contributed by atoms with E-state index in [9.17, 15) is 9.59 Å². The predicted octanol–water partition coefficient (Wildman–Crippen LogP) is 2.98. The van der Waals surface area contributed by atoms with Crippen LogP contribution in [0.3, 0.4) is 0 Å². The van der Waals surface area contributed by atoms with E-state index in [2.05, 4.69) is 10.3 Å². The molecule has 0 aliphatic heterocycles. The lowest BCUT2D eigenvalue weighted by atomic mass is 10.1. The number of nitrogens with one attached hydrogen (secondary N) is 2. The zero-order valence-corrected chi connectivity index (χ0v) is 13.3. The molecule has 2 aromatic heterocycles. The first-order valence-corrected chi connectivity index (χ1v) is 7.42. The van der Waals surface area contributed by atoms with E-state index in [0.29, 0.717) is 22.6 Å². The van der Waals surface area contributed by atoms with Gasteiger partial charge in [-0.1, -0.05) is 12.1 Å². The van der Waals surface area contributed by atoms with Crippen LogP contribution in [0.1, 0.15) is 33.0 Å². The summed E-state index contributed by atoms with van der Waals surface area (Å²) in [6.07, 6.45) is 0. The number of amides is 1. The molecular weight excluding hydrogens is 292 g/mol. The van der Waals surface area contributed by atoms with Crippen molar-refractivity contribution < 1.29 is 9.21 Å². The molecule has 1 amide bonds. The van der Waals surface area contributed by atoms with Gasteiger partial charge in [0.2, 0.25) is 0 Å². The Morgan fingerprint density at radius 1 is 1.17 bits per heavy atom. The maximum absolute atomic E-state index is 12.2. The Kier molecular flexibility index (Phi) is 3.78. The molecule has 1 aromatic carbocycles. The van der Waals surface area contributed by atoms with Crippen molar-refractivity contribution in [1.82, 2.24) is 10.3 Å². The molecule has 0 aliphatic carbocycles. The van der Waals surface area contributed by atoms with Crippen LogP contribution < -0.4 is 10.9 Å². The van der Waals surface area contributed by atoms with Crippen molar-refractivity contribution in [1.29, 1.82) is 0 Å². The van der Waals surface area contributed by atoms with Gasteiger partial charge >= 0.3 is 0 Å². The molecule has 118 valence electrons. The molecule has 5 heteroatoms. The minimum absolute atomic E-state index is 0.168. The molecule has 0 fully saturated rings. The molecule has 3 aromatic rings. The fraction of sp³-hybridized carbons (Fsp3) is 0.222. The van der Waals surface area contributed by atoms with Crippen LogP contribution in [0, 0.1) is 20.8 Å². The molecule has 0 spiro atoms. The third kappa shape index (κ3) is 3.04. The van der Waals surface area contributed by atoms with Gasteiger partial charge in [-0.2, -0.15) is 0 Å². The Labute approximate surface area is 133 Å². The number of rotatable bonds is 3. The first-order valence-electron chi connectivity index (χ1n) is 7.42. The standard InChI is InChI=1S/C18H18N2O3/c1-10-4-5-13-8-14(17(21)20-16(13)6-10)9-19-18(22)15-7-11(2)23-12(15)3/h4-8H,9H2,1-3H3,(H,19,22)(H,20,21). The summed E-state index contributed by atoms with van der Waals surface area (Å²) in [4.78, 5) is 27.2. The molecule has 0 unspecified atom stereocenters. The number of furan rings is 1.